The van der Waals surface area contributed by atoms with Crippen LogP contribution in [0.1, 0.15) is 35.8 Å². The van der Waals surface area contributed by atoms with Crippen LogP contribution in [0.4, 0.5) is 5.82 Å². The standard InChI is InChI=1S/C14H17N3O/c1-10(2)17-13(8-9-15-17)16-14(18)12-6-4-11(3)5-7-12/h4-10H,1-3H3,(H,16,18). The lowest BCUT2D eigenvalue weighted by Crippen LogP contribution is -2.16. The molecule has 2 aromatic rings. The zero-order valence-electron chi connectivity index (χ0n) is 10.8. The van der Waals surface area contributed by atoms with Gasteiger partial charge in [0.25, 0.3) is 5.91 Å². The Morgan fingerprint density at radius 1 is 1.22 bits per heavy atom. The third kappa shape index (κ3) is 2.59. The van der Waals surface area contributed by atoms with Crippen LogP contribution in [0.2, 0.25) is 0 Å². The maximum absolute atomic E-state index is 12.0. The van der Waals surface area contributed by atoms with Crippen LogP contribution < -0.4 is 5.32 Å². The monoisotopic (exact) mass is 243 g/mol. The van der Waals surface area contributed by atoms with Crippen molar-refractivity contribution in [2.45, 2.75) is 26.8 Å². The van der Waals surface area contributed by atoms with Crippen LogP contribution in [0.15, 0.2) is 36.5 Å². The van der Waals surface area contributed by atoms with Gasteiger partial charge in [-0.1, -0.05) is 17.7 Å². The Labute approximate surface area is 107 Å². The Kier molecular flexibility index (Phi) is 3.46. The average Bonchev–Trinajstić information content (AvgIpc) is 2.78. The molecule has 1 aromatic heterocycles. The van der Waals surface area contributed by atoms with Gasteiger partial charge in [0.1, 0.15) is 5.82 Å². The molecule has 0 unspecified atom stereocenters. The summed E-state index contributed by atoms with van der Waals surface area (Å²) in [6.07, 6.45) is 1.69. The van der Waals surface area contributed by atoms with Gasteiger partial charge in [-0.15, -0.1) is 0 Å². The van der Waals surface area contributed by atoms with Crippen LogP contribution >= 0.6 is 0 Å². The number of hydrogen-bond acceptors (Lipinski definition) is 2. The van der Waals surface area contributed by atoms with E-state index in [0.29, 0.717) is 5.56 Å². The molecule has 0 spiro atoms. The summed E-state index contributed by atoms with van der Waals surface area (Å²) in [6.45, 7) is 6.04. The van der Waals surface area contributed by atoms with Crippen LogP contribution in [0, 0.1) is 6.92 Å². The van der Waals surface area contributed by atoms with Gasteiger partial charge >= 0.3 is 0 Å². The number of carbonyl (C=O) groups is 1. The molecule has 2 rings (SSSR count). The molecule has 0 aliphatic rings. The van der Waals surface area contributed by atoms with E-state index in [-0.39, 0.29) is 11.9 Å². The fraction of sp³-hybridized carbons (Fsp3) is 0.286. The van der Waals surface area contributed by atoms with E-state index in [2.05, 4.69) is 10.4 Å². The molecule has 0 aliphatic carbocycles. The van der Waals surface area contributed by atoms with E-state index in [4.69, 9.17) is 0 Å². The molecule has 0 atom stereocenters. The van der Waals surface area contributed by atoms with Crippen LogP contribution in [0.25, 0.3) is 0 Å². The molecule has 0 saturated carbocycles. The largest absolute Gasteiger partial charge is 0.307 e. The first-order valence-electron chi connectivity index (χ1n) is 5.99. The van der Waals surface area contributed by atoms with Gasteiger partial charge in [-0.3, -0.25) is 4.79 Å². The predicted octanol–water partition coefficient (Wildman–Crippen LogP) is 3.02. The number of carbonyl (C=O) groups excluding carboxylic acids is 1. The van der Waals surface area contributed by atoms with E-state index in [1.807, 2.05) is 45.0 Å². The van der Waals surface area contributed by atoms with Crippen molar-refractivity contribution in [3.8, 4) is 0 Å². The third-order valence-electron chi connectivity index (χ3n) is 2.71. The summed E-state index contributed by atoms with van der Waals surface area (Å²) in [5.74, 6) is 0.605. The number of anilines is 1. The molecular weight excluding hydrogens is 226 g/mol. The van der Waals surface area contributed by atoms with Gasteiger partial charge in [-0.2, -0.15) is 5.10 Å². The van der Waals surface area contributed by atoms with E-state index in [9.17, 15) is 4.79 Å². The molecule has 0 fully saturated rings. The minimum absolute atomic E-state index is 0.114. The van der Waals surface area contributed by atoms with Crippen molar-refractivity contribution in [3.05, 3.63) is 47.7 Å². The minimum Gasteiger partial charge on any atom is -0.307 e. The highest BCUT2D eigenvalue weighted by Crippen LogP contribution is 2.14. The van der Waals surface area contributed by atoms with Gasteiger partial charge in [0.15, 0.2) is 0 Å². The van der Waals surface area contributed by atoms with Crippen molar-refractivity contribution in [1.82, 2.24) is 9.78 Å². The van der Waals surface area contributed by atoms with Crippen molar-refractivity contribution in [2.75, 3.05) is 5.32 Å². The van der Waals surface area contributed by atoms with Crippen molar-refractivity contribution < 1.29 is 4.79 Å². The fourth-order valence-corrected chi connectivity index (χ4v) is 1.72. The second-order valence-corrected chi connectivity index (χ2v) is 4.57. The lowest BCUT2D eigenvalue weighted by atomic mass is 10.1. The first-order chi connectivity index (χ1) is 8.58. The highest BCUT2D eigenvalue weighted by molar-refractivity contribution is 6.03. The zero-order valence-corrected chi connectivity index (χ0v) is 10.8. The Balaban J connectivity index is 2.16. The third-order valence-corrected chi connectivity index (χ3v) is 2.71. The van der Waals surface area contributed by atoms with E-state index in [1.165, 1.54) is 0 Å². The smallest absolute Gasteiger partial charge is 0.256 e. The Hall–Kier alpha value is -2.10. The molecule has 1 amide bonds. The van der Waals surface area contributed by atoms with E-state index >= 15 is 0 Å². The van der Waals surface area contributed by atoms with Gasteiger partial charge in [-0.05, 0) is 32.9 Å². The molecular formula is C14H17N3O. The van der Waals surface area contributed by atoms with Gasteiger partial charge in [0.2, 0.25) is 0 Å². The Morgan fingerprint density at radius 2 is 1.89 bits per heavy atom. The molecule has 0 bridgehead atoms. The van der Waals surface area contributed by atoms with Gasteiger partial charge in [0.05, 0.1) is 6.20 Å². The topological polar surface area (TPSA) is 46.9 Å². The zero-order chi connectivity index (χ0) is 13.1. The van der Waals surface area contributed by atoms with Crippen molar-refractivity contribution in [1.29, 1.82) is 0 Å². The number of aromatic nitrogens is 2. The van der Waals surface area contributed by atoms with Gasteiger partial charge in [-0.25, -0.2) is 4.68 Å². The summed E-state index contributed by atoms with van der Waals surface area (Å²) in [5, 5.41) is 7.05. The van der Waals surface area contributed by atoms with E-state index in [1.54, 1.807) is 16.9 Å². The molecule has 94 valence electrons. The van der Waals surface area contributed by atoms with Crippen LogP contribution in [0.5, 0.6) is 0 Å². The number of hydrogen-bond donors (Lipinski definition) is 1. The normalized spacial score (nSPS) is 10.7. The fourth-order valence-electron chi connectivity index (χ4n) is 1.72. The molecule has 0 saturated heterocycles. The first kappa shape index (κ1) is 12.4. The lowest BCUT2D eigenvalue weighted by Gasteiger charge is -2.11. The molecule has 0 aliphatic heterocycles. The minimum atomic E-state index is -0.114. The summed E-state index contributed by atoms with van der Waals surface area (Å²) in [7, 11) is 0. The highest BCUT2D eigenvalue weighted by Gasteiger charge is 2.10. The van der Waals surface area contributed by atoms with Crippen molar-refractivity contribution in [3.63, 3.8) is 0 Å². The second kappa shape index (κ2) is 5.04. The summed E-state index contributed by atoms with van der Waals surface area (Å²) in [4.78, 5) is 12.0. The lowest BCUT2D eigenvalue weighted by molar-refractivity contribution is 0.102. The summed E-state index contributed by atoms with van der Waals surface area (Å²) in [5.41, 5.74) is 1.79. The number of nitrogens with zero attached hydrogens (tertiary/aromatic N) is 2. The van der Waals surface area contributed by atoms with E-state index in [0.717, 1.165) is 11.4 Å². The second-order valence-electron chi connectivity index (χ2n) is 4.57. The quantitative estimate of drug-likeness (QED) is 0.900. The molecule has 1 N–H and O–H groups in total. The van der Waals surface area contributed by atoms with Gasteiger partial charge in [0, 0.05) is 17.7 Å². The molecule has 4 heteroatoms. The Bertz CT molecular complexity index is 540. The molecule has 18 heavy (non-hydrogen) atoms. The Morgan fingerprint density at radius 3 is 2.50 bits per heavy atom. The van der Waals surface area contributed by atoms with Crippen molar-refractivity contribution >= 4 is 11.7 Å². The molecule has 1 aromatic carbocycles. The van der Waals surface area contributed by atoms with Crippen LogP contribution in [-0.2, 0) is 0 Å². The molecule has 4 nitrogen and oxygen atoms in total. The maximum atomic E-state index is 12.0. The highest BCUT2D eigenvalue weighted by atomic mass is 16.1. The maximum Gasteiger partial charge on any atom is 0.256 e. The summed E-state index contributed by atoms with van der Waals surface area (Å²) < 4.78 is 1.78. The number of rotatable bonds is 3. The number of amides is 1. The number of benzene rings is 1. The number of aryl methyl sites for hydroxylation is 1. The predicted molar refractivity (Wildman–Crippen MR) is 71.7 cm³/mol. The molecule has 0 radical (unpaired) electrons. The van der Waals surface area contributed by atoms with Crippen molar-refractivity contribution in [2.24, 2.45) is 0 Å². The number of nitrogens with one attached hydrogen (secondary N) is 1. The van der Waals surface area contributed by atoms with Gasteiger partial charge < -0.3 is 5.32 Å². The van der Waals surface area contributed by atoms with E-state index < -0.39 is 0 Å². The van der Waals surface area contributed by atoms with Crippen LogP contribution in [0.3, 0.4) is 0 Å². The SMILES string of the molecule is Cc1ccc(C(=O)Nc2ccnn2C(C)C)cc1. The molecule has 1 heterocycles. The first-order valence-corrected chi connectivity index (χ1v) is 5.99. The summed E-state index contributed by atoms with van der Waals surface area (Å²) in [6, 6.07) is 9.50. The average molecular weight is 243 g/mol. The summed E-state index contributed by atoms with van der Waals surface area (Å²) >= 11 is 0. The van der Waals surface area contributed by atoms with Crippen LogP contribution in [-0.4, -0.2) is 15.7 Å².